The van der Waals surface area contributed by atoms with Gasteiger partial charge in [0.05, 0.1) is 0 Å². The fourth-order valence-electron chi connectivity index (χ4n) is 4.82. The van der Waals surface area contributed by atoms with Crippen LogP contribution in [0.5, 0.6) is 0 Å². The molecule has 0 radical (unpaired) electrons. The number of guanidine groups is 1. The van der Waals surface area contributed by atoms with E-state index in [1.165, 1.54) is 34.9 Å². The number of fused-ring (bicyclic) bond motifs is 1. The molecule has 2 fully saturated rings. The summed E-state index contributed by atoms with van der Waals surface area (Å²) in [5, 5.41) is 8.20. The topological polar surface area (TPSA) is 72.5 Å². The number of aromatic nitrogens is 1. The third kappa shape index (κ3) is 4.79. The molecule has 1 unspecified atom stereocenters. The van der Waals surface area contributed by atoms with Crippen LogP contribution in [0.15, 0.2) is 29.4 Å². The molecule has 6 heteroatoms. The minimum Gasteiger partial charge on any atom is -0.361 e. The van der Waals surface area contributed by atoms with Crippen LogP contribution in [0.2, 0.25) is 0 Å². The van der Waals surface area contributed by atoms with Crippen LogP contribution in [0, 0.1) is 12.8 Å². The second-order valence-electron chi connectivity index (χ2n) is 8.77. The highest BCUT2D eigenvalue weighted by Gasteiger charge is 2.32. The Morgan fingerprint density at radius 2 is 2.10 bits per heavy atom. The lowest BCUT2D eigenvalue weighted by atomic mass is 10.1. The van der Waals surface area contributed by atoms with E-state index in [1.54, 1.807) is 0 Å². The maximum Gasteiger partial charge on any atom is 0.225 e. The summed E-state index contributed by atoms with van der Waals surface area (Å²) >= 11 is 0. The van der Waals surface area contributed by atoms with Crippen molar-refractivity contribution in [3.63, 3.8) is 0 Å². The minimum absolute atomic E-state index is 0.269. The summed E-state index contributed by atoms with van der Waals surface area (Å²) in [6.07, 6.45) is 8.55. The van der Waals surface area contributed by atoms with Gasteiger partial charge in [-0.2, -0.15) is 0 Å². The molecule has 1 amide bonds. The van der Waals surface area contributed by atoms with Gasteiger partial charge in [-0.15, -0.1) is 0 Å². The lowest BCUT2D eigenvalue weighted by Gasteiger charge is -2.21. The molecule has 1 aromatic heterocycles. The number of amides is 1. The molecule has 4 rings (SSSR count). The van der Waals surface area contributed by atoms with Gasteiger partial charge in [0.15, 0.2) is 5.96 Å². The van der Waals surface area contributed by atoms with Gasteiger partial charge in [0.2, 0.25) is 5.91 Å². The van der Waals surface area contributed by atoms with Gasteiger partial charge in [0.1, 0.15) is 0 Å². The van der Waals surface area contributed by atoms with Crippen LogP contribution in [0.3, 0.4) is 0 Å². The molecule has 2 heterocycles. The summed E-state index contributed by atoms with van der Waals surface area (Å²) < 4.78 is 0. The molecule has 1 saturated heterocycles. The third-order valence-electron chi connectivity index (χ3n) is 6.46. The number of rotatable bonds is 6. The number of nitrogens with zero attached hydrogens (tertiary/aromatic N) is 2. The number of carbonyl (C=O) groups excluding carboxylic acids is 1. The van der Waals surface area contributed by atoms with Gasteiger partial charge in [-0.05, 0) is 56.7 Å². The van der Waals surface area contributed by atoms with Gasteiger partial charge in [0.25, 0.3) is 0 Å². The molecule has 1 saturated carbocycles. The number of aromatic amines is 1. The molecule has 0 bridgehead atoms. The summed E-state index contributed by atoms with van der Waals surface area (Å²) in [5.41, 5.74) is 3.76. The smallest absolute Gasteiger partial charge is 0.225 e. The Labute approximate surface area is 179 Å². The average molecular weight is 410 g/mol. The van der Waals surface area contributed by atoms with Crippen molar-refractivity contribution in [2.45, 2.75) is 58.4 Å². The van der Waals surface area contributed by atoms with E-state index in [4.69, 9.17) is 4.99 Å². The van der Waals surface area contributed by atoms with Crippen molar-refractivity contribution in [1.29, 1.82) is 0 Å². The fourth-order valence-corrected chi connectivity index (χ4v) is 4.82. The number of hydrogen-bond donors (Lipinski definition) is 3. The van der Waals surface area contributed by atoms with E-state index in [0.717, 1.165) is 57.8 Å². The van der Waals surface area contributed by atoms with E-state index >= 15 is 0 Å². The Morgan fingerprint density at radius 3 is 2.90 bits per heavy atom. The van der Waals surface area contributed by atoms with Crippen molar-refractivity contribution in [3.05, 3.63) is 35.5 Å². The summed E-state index contributed by atoms with van der Waals surface area (Å²) in [5.74, 6) is 1.49. The molecule has 1 aromatic carbocycles. The highest BCUT2D eigenvalue weighted by atomic mass is 16.2. The van der Waals surface area contributed by atoms with E-state index in [1.807, 2.05) is 0 Å². The van der Waals surface area contributed by atoms with E-state index in [0.29, 0.717) is 5.91 Å². The van der Waals surface area contributed by atoms with Crippen LogP contribution in [-0.2, 0) is 11.2 Å². The maximum atomic E-state index is 12.7. The van der Waals surface area contributed by atoms with Crippen molar-refractivity contribution in [3.8, 4) is 0 Å². The van der Waals surface area contributed by atoms with E-state index in [2.05, 4.69) is 58.8 Å². The van der Waals surface area contributed by atoms with Crippen molar-refractivity contribution in [1.82, 2.24) is 20.5 Å². The first-order valence-corrected chi connectivity index (χ1v) is 11.5. The van der Waals surface area contributed by atoms with Gasteiger partial charge < -0.3 is 20.5 Å². The predicted octanol–water partition coefficient (Wildman–Crippen LogP) is 3.37. The second kappa shape index (κ2) is 9.54. The summed E-state index contributed by atoms with van der Waals surface area (Å²) in [6.45, 7) is 7.42. The predicted molar refractivity (Wildman–Crippen MR) is 123 cm³/mol. The standard InChI is InChI=1S/C24H35N5O/c1-3-25-24(26-12-10-19-15-27-22-14-17(2)8-9-21(19)22)28-20-11-13-29(16-20)23(30)18-6-4-5-7-18/h8-9,14-15,18,20,27H,3-7,10-13,16H2,1-2H3,(H2,25,26,28). The molecule has 6 nitrogen and oxygen atoms in total. The van der Waals surface area contributed by atoms with Gasteiger partial charge in [-0.1, -0.05) is 25.0 Å². The number of benzene rings is 1. The molecule has 2 aromatic rings. The van der Waals surface area contributed by atoms with Crippen LogP contribution in [0.25, 0.3) is 10.9 Å². The zero-order valence-electron chi connectivity index (χ0n) is 18.3. The van der Waals surface area contributed by atoms with Gasteiger partial charge in [-0.25, -0.2) is 0 Å². The number of aliphatic imine (C=N–C) groups is 1. The van der Waals surface area contributed by atoms with Crippen LogP contribution in [0.1, 0.15) is 50.2 Å². The third-order valence-corrected chi connectivity index (χ3v) is 6.46. The normalized spacial score (nSPS) is 20.3. The highest BCUT2D eigenvalue weighted by molar-refractivity contribution is 5.84. The average Bonchev–Trinajstić information content (AvgIpc) is 3.49. The Hall–Kier alpha value is -2.50. The van der Waals surface area contributed by atoms with E-state index in [-0.39, 0.29) is 12.0 Å². The molecule has 2 aliphatic rings. The fraction of sp³-hybridized carbons (Fsp3) is 0.583. The first-order valence-electron chi connectivity index (χ1n) is 11.5. The number of nitrogens with one attached hydrogen (secondary N) is 3. The highest BCUT2D eigenvalue weighted by Crippen LogP contribution is 2.28. The maximum absolute atomic E-state index is 12.7. The molecular formula is C24H35N5O. The zero-order valence-corrected chi connectivity index (χ0v) is 18.3. The molecule has 1 atom stereocenters. The molecule has 162 valence electrons. The summed E-state index contributed by atoms with van der Waals surface area (Å²) in [4.78, 5) is 22.9. The molecule has 0 spiro atoms. The lowest BCUT2D eigenvalue weighted by Crippen LogP contribution is -2.45. The van der Waals surface area contributed by atoms with Gasteiger partial charge >= 0.3 is 0 Å². The Bertz CT molecular complexity index is 896. The SMILES string of the molecule is CCNC(=NCCc1c[nH]c2cc(C)ccc12)NC1CCN(C(=O)C2CCCC2)C1. The first-order chi connectivity index (χ1) is 14.6. The number of aryl methyl sites for hydroxylation is 1. The molecular weight excluding hydrogens is 374 g/mol. The lowest BCUT2D eigenvalue weighted by molar-refractivity contribution is -0.134. The van der Waals surface area contributed by atoms with Crippen molar-refractivity contribution in [2.24, 2.45) is 10.9 Å². The monoisotopic (exact) mass is 409 g/mol. The van der Waals surface area contributed by atoms with Crippen LogP contribution in [0.4, 0.5) is 0 Å². The number of hydrogen-bond acceptors (Lipinski definition) is 2. The Kier molecular flexibility index (Phi) is 6.60. The minimum atomic E-state index is 0.269. The second-order valence-corrected chi connectivity index (χ2v) is 8.77. The molecule has 30 heavy (non-hydrogen) atoms. The summed E-state index contributed by atoms with van der Waals surface area (Å²) in [7, 11) is 0. The van der Waals surface area contributed by atoms with E-state index < -0.39 is 0 Å². The Balaban J connectivity index is 1.32. The molecule has 1 aliphatic heterocycles. The summed E-state index contributed by atoms with van der Waals surface area (Å²) in [6, 6.07) is 6.82. The Morgan fingerprint density at radius 1 is 1.27 bits per heavy atom. The number of carbonyl (C=O) groups is 1. The quantitative estimate of drug-likeness (QED) is 0.506. The van der Waals surface area contributed by atoms with Crippen molar-refractivity contribution >= 4 is 22.8 Å². The van der Waals surface area contributed by atoms with Gasteiger partial charge in [-0.3, -0.25) is 9.79 Å². The molecule has 3 N–H and O–H groups in total. The van der Waals surface area contributed by atoms with Crippen LogP contribution >= 0.6 is 0 Å². The number of H-pyrrole nitrogens is 1. The first kappa shape index (κ1) is 20.8. The van der Waals surface area contributed by atoms with Crippen molar-refractivity contribution in [2.75, 3.05) is 26.2 Å². The van der Waals surface area contributed by atoms with Crippen molar-refractivity contribution < 1.29 is 4.79 Å². The molecule has 1 aliphatic carbocycles. The van der Waals surface area contributed by atoms with E-state index in [9.17, 15) is 4.79 Å². The van der Waals surface area contributed by atoms with Gasteiger partial charge in [0, 0.05) is 55.2 Å². The number of likely N-dealkylation sites (tertiary alicyclic amines) is 1. The zero-order chi connectivity index (χ0) is 20.9. The largest absolute Gasteiger partial charge is 0.361 e. The van der Waals surface area contributed by atoms with Crippen LogP contribution in [-0.4, -0.2) is 54.0 Å². The van der Waals surface area contributed by atoms with Crippen LogP contribution < -0.4 is 10.6 Å².